The highest BCUT2D eigenvalue weighted by Gasteiger charge is 2.21. The maximum absolute atomic E-state index is 4.49. The number of rotatable bonds is 5. The van der Waals surface area contributed by atoms with Gasteiger partial charge in [0, 0.05) is 28.4 Å². The number of aryl methyl sites for hydroxylation is 1. The van der Waals surface area contributed by atoms with E-state index in [0.29, 0.717) is 0 Å². The van der Waals surface area contributed by atoms with Crippen molar-refractivity contribution in [2.45, 2.75) is 25.8 Å². The number of allylic oxidation sites excluding steroid dienone is 3. The summed E-state index contributed by atoms with van der Waals surface area (Å²) in [6, 6.07) is 17.0. The number of nitrogens with one attached hydrogen (secondary N) is 2. The number of para-hydroxylation sites is 1. The predicted octanol–water partition coefficient (Wildman–Crippen LogP) is 6.25. The summed E-state index contributed by atoms with van der Waals surface area (Å²) in [5.41, 5.74) is 7.20. The zero-order valence-electron chi connectivity index (χ0n) is 15.1. The summed E-state index contributed by atoms with van der Waals surface area (Å²) in [5.74, 6) is 0. The highest BCUT2D eigenvalue weighted by Crippen LogP contribution is 2.32. The molecule has 3 aromatic rings. The molecule has 1 unspecified atom stereocenters. The van der Waals surface area contributed by atoms with Crippen LogP contribution in [0.3, 0.4) is 0 Å². The molecule has 130 valence electrons. The van der Waals surface area contributed by atoms with Crippen LogP contribution >= 0.6 is 0 Å². The number of aromatic nitrogens is 1. The fraction of sp³-hybridized carbons (Fsp3) is 0.167. The Hall–Kier alpha value is -3.00. The first-order chi connectivity index (χ1) is 12.7. The van der Waals surface area contributed by atoms with Crippen LogP contribution in [0.15, 0.2) is 85.1 Å². The van der Waals surface area contributed by atoms with Crippen LogP contribution in [0.25, 0.3) is 16.5 Å². The molecule has 0 saturated carbocycles. The van der Waals surface area contributed by atoms with E-state index in [1.54, 1.807) is 0 Å². The van der Waals surface area contributed by atoms with Crippen molar-refractivity contribution < 1.29 is 0 Å². The van der Waals surface area contributed by atoms with E-state index in [9.17, 15) is 0 Å². The van der Waals surface area contributed by atoms with Crippen molar-refractivity contribution >= 4 is 22.2 Å². The molecule has 2 aromatic carbocycles. The Morgan fingerprint density at radius 2 is 2.04 bits per heavy atom. The van der Waals surface area contributed by atoms with Gasteiger partial charge in [-0.2, -0.15) is 0 Å². The Bertz CT molecular complexity index is 1000. The van der Waals surface area contributed by atoms with Crippen molar-refractivity contribution in [3.05, 3.63) is 96.2 Å². The molecule has 1 aliphatic rings. The van der Waals surface area contributed by atoms with Gasteiger partial charge in [-0.3, -0.25) is 0 Å². The van der Waals surface area contributed by atoms with Crippen molar-refractivity contribution in [2.24, 2.45) is 0 Å². The van der Waals surface area contributed by atoms with Gasteiger partial charge in [0.1, 0.15) is 0 Å². The Kier molecular flexibility index (Phi) is 4.49. The smallest absolute Gasteiger partial charge is 0.0731 e. The first-order valence-corrected chi connectivity index (χ1v) is 9.16. The Morgan fingerprint density at radius 3 is 2.85 bits per heavy atom. The molecule has 0 amide bonds. The lowest BCUT2D eigenvalue weighted by Crippen LogP contribution is -2.24. The summed E-state index contributed by atoms with van der Waals surface area (Å²) < 4.78 is 0. The summed E-state index contributed by atoms with van der Waals surface area (Å²) in [6.07, 6.45) is 10.8. The van der Waals surface area contributed by atoms with Gasteiger partial charge < -0.3 is 10.3 Å². The van der Waals surface area contributed by atoms with Crippen molar-refractivity contribution in [2.75, 3.05) is 5.32 Å². The topological polar surface area (TPSA) is 27.8 Å². The SMILES string of the molecule is C=C(c1c[nH]c2ccccc12)C(Nc1cccc(C)c1)C1=CC=CCC1. The molecule has 1 atom stereocenters. The molecule has 1 heterocycles. The van der Waals surface area contributed by atoms with Crippen LogP contribution in [0.5, 0.6) is 0 Å². The maximum atomic E-state index is 4.49. The van der Waals surface area contributed by atoms with Gasteiger partial charge in [-0.15, -0.1) is 0 Å². The molecule has 2 nitrogen and oxygen atoms in total. The minimum Gasteiger partial charge on any atom is -0.374 e. The molecule has 0 bridgehead atoms. The van der Waals surface area contributed by atoms with E-state index in [-0.39, 0.29) is 6.04 Å². The van der Waals surface area contributed by atoms with Crippen LogP contribution in [0.1, 0.15) is 24.0 Å². The minimum atomic E-state index is 0.0842. The molecule has 0 radical (unpaired) electrons. The second-order valence-electron chi connectivity index (χ2n) is 6.93. The summed E-state index contributed by atoms with van der Waals surface area (Å²) >= 11 is 0. The van der Waals surface area contributed by atoms with E-state index in [1.165, 1.54) is 22.1 Å². The molecule has 0 spiro atoms. The number of hydrogen-bond acceptors (Lipinski definition) is 1. The van der Waals surface area contributed by atoms with E-state index in [0.717, 1.165) is 29.6 Å². The van der Waals surface area contributed by atoms with Crippen LogP contribution in [0.2, 0.25) is 0 Å². The molecule has 2 heteroatoms. The van der Waals surface area contributed by atoms with Gasteiger partial charge in [-0.05, 0) is 54.7 Å². The Balaban J connectivity index is 1.73. The molecule has 26 heavy (non-hydrogen) atoms. The third kappa shape index (κ3) is 3.23. The quantitative estimate of drug-likeness (QED) is 0.565. The Morgan fingerprint density at radius 1 is 1.15 bits per heavy atom. The lowest BCUT2D eigenvalue weighted by atomic mass is 9.89. The predicted molar refractivity (Wildman–Crippen MR) is 112 cm³/mol. The van der Waals surface area contributed by atoms with Crippen LogP contribution in [-0.4, -0.2) is 11.0 Å². The molecule has 0 saturated heterocycles. The summed E-state index contributed by atoms with van der Waals surface area (Å²) in [4.78, 5) is 3.38. The van der Waals surface area contributed by atoms with Gasteiger partial charge in [-0.25, -0.2) is 0 Å². The first-order valence-electron chi connectivity index (χ1n) is 9.16. The second-order valence-corrected chi connectivity index (χ2v) is 6.93. The largest absolute Gasteiger partial charge is 0.374 e. The van der Waals surface area contributed by atoms with E-state index in [4.69, 9.17) is 0 Å². The fourth-order valence-electron chi connectivity index (χ4n) is 3.66. The van der Waals surface area contributed by atoms with Crippen LogP contribution in [-0.2, 0) is 0 Å². The number of hydrogen-bond donors (Lipinski definition) is 2. The molecule has 0 aliphatic heterocycles. The lowest BCUT2D eigenvalue weighted by molar-refractivity contribution is 0.877. The summed E-state index contributed by atoms with van der Waals surface area (Å²) in [7, 11) is 0. The normalized spacial score (nSPS) is 14.9. The first kappa shape index (κ1) is 16.5. The maximum Gasteiger partial charge on any atom is 0.0731 e. The molecule has 2 N–H and O–H groups in total. The molecule has 0 fully saturated rings. The van der Waals surface area contributed by atoms with Gasteiger partial charge in [0.05, 0.1) is 6.04 Å². The third-order valence-electron chi connectivity index (χ3n) is 5.03. The lowest BCUT2D eigenvalue weighted by Gasteiger charge is -2.26. The molecule has 4 rings (SSSR count). The van der Waals surface area contributed by atoms with Gasteiger partial charge in [0.15, 0.2) is 0 Å². The Labute approximate surface area is 155 Å². The molecular weight excluding hydrogens is 316 g/mol. The van der Waals surface area contributed by atoms with E-state index >= 15 is 0 Å². The van der Waals surface area contributed by atoms with E-state index in [2.05, 4.69) is 96.8 Å². The molecular formula is C24H24N2. The van der Waals surface area contributed by atoms with Crippen LogP contribution in [0.4, 0.5) is 5.69 Å². The van der Waals surface area contributed by atoms with Crippen LogP contribution < -0.4 is 5.32 Å². The zero-order chi connectivity index (χ0) is 17.9. The van der Waals surface area contributed by atoms with Crippen molar-refractivity contribution in [1.82, 2.24) is 4.98 Å². The fourth-order valence-corrected chi connectivity index (χ4v) is 3.66. The molecule has 1 aromatic heterocycles. The number of aromatic amines is 1. The zero-order valence-corrected chi connectivity index (χ0v) is 15.1. The summed E-state index contributed by atoms with van der Waals surface area (Å²) in [5, 5.41) is 4.95. The van der Waals surface area contributed by atoms with Crippen molar-refractivity contribution in [3.8, 4) is 0 Å². The number of H-pyrrole nitrogens is 1. The minimum absolute atomic E-state index is 0.0842. The average Bonchev–Trinajstić information content (AvgIpc) is 3.10. The van der Waals surface area contributed by atoms with Gasteiger partial charge >= 0.3 is 0 Å². The third-order valence-corrected chi connectivity index (χ3v) is 5.03. The number of anilines is 1. The van der Waals surface area contributed by atoms with Gasteiger partial charge in [-0.1, -0.05) is 55.1 Å². The molecule has 1 aliphatic carbocycles. The summed E-state index contributed by atoms with van der Waals surface area (Å²) in [6.45, 7) is 6.62. The van der Waals surface area contributed by atoms with Crippen molar-refractivity contribution in [3.63, 3.8) is 0 Å². The van der Waals surface area contributed by atoms with E-state index in [1.807, 2.05) is 0 Å². The van der Waals surface area contributed by atoms with Gasteiger partial charge in [0.25, 0.3) is 0 Å². The monoisotopic (exact) mass is 340 g/mol. The number of benzene rings is 2. The highest BCUT2D eigenvalue weighted by atomic mass is 14.9. The number of fused-ring (bicyclic) bond motifs is 1. The van der Waals surface area contributed by atoms with Crippen LogP contribution in [0, 0.1) is 6.92 Å². The average molecular weight is 340 g/mol. The highest BCUT2D eigenvalue weighted by molar-refractivity contribution is 5.94. The van der Waals surface area contributed by atoms with Gasteiger partial charge in [0.2, 0.25) is 0 Å². The van der Waals surface area contributed by atoms with E-state index < -0.39 is 0 Å². The second kappa shape index (κ2) is 7.09. The van der Waals surface area contributed by atoms with Crippen molar-refractivity contribution in [1.29, 1.82) is 0 Å². The standard InChI is InChI=1S/C24H24N2/c1-17-9-8-12-20(15-17)26-24(19-10-4-3-5-11-19)18(2)22-16-25-23-14-7-6-13-21(22)23/h3-4,6-10,12-16,24-26H,2,5,11H2,1H3.